The van der Waals surface area contributed by atoms with E-state index < -0.39 is 35.5 Å². The van der Waals surface area contributed by atoms with E-state index >= 15 is 0 Å². The molecule has 0 spiro atoms. The van der Waals surface area contributed by atoms with Crippen LogP contribution >= 0.6 is 11.6 Å². The lowest BCUT2D eigenvalue weighted by atomic mass is 10.1. The molecule has 1 aromatic heterocycles. The maximum atomic E-state index is 12.7. The lowest BCUT2D eigenvalue weighted by Crippen LogP contribution is -2.31. The summed E-state index contributed by atoms with van der Waals surface area (Å²) in [5.74, 6) is -0.657. The van der Waals surface area contributed by atoms with Crippen molar-refractivity contribution in [3.05, 3.63) is 58.2 Å². The molecule has 0 radical (unpaired) electrons. The van der Waals surface area contributed by atoms with E-state index in [1.807, 2.05) is 0 Å². The monoisotopic (exact) mass is 523 g/mol. The van der Waals surface area contributed by atoms with Gasteiger partial charge >= 0.3 is 12.4 Å². The van der Waals surface area contributed by atoms with E-state index in [1.165, 1.54) is 12.1 Å². The van der Waals surface area contributed by atoms with Gasteiger partial charge < -0.3 is 20.3 Å². The van der Waals surface area contributed by atoms with Crippen molar-refractivity contribution >= 4 is 35.4 Å². The third-order valence-electron chi connectivity index (χ3n) is 4.47. The summed E-state index contributed by atoms with van der Waals surface area (Å²) in [6.07, 6.45) is -8.08. The number of benzene rings is 1. The molecule has 0 fully saturated rings. The van der Waals surface area contributed by atoms with E-state index in [1.54, 1.807) is 0 Å². The number of rotatable bonds is 8. The van der Waals surface area contributed by atoms with Crippen molar-refractivity contribution in [3.8, 4) is 0 Å². The minimum Gasteiger partial charge on any atom is -0.390 e. The first-order valence-corrected chi connectivity index (χ1v) is 10.1. The molecule has 35 heavy (non-hydrogen) atoms. The number of alkyl halides is 6. The number of amides is 1. The number of hydrogen-bond acceptors (Lipinski definition) is 7. The summed E-state index contributed by atoms with van der Waals surface area (Å²) in [6, 6.07) is 5.23. The van der Waals surface area contributed by atoms with Crippen molar-refractivity contribution in [1.29, 1.82) is 0 Å². The molecule has 1 unspecified atom stereocenters. The summed E-state index contributed by atoms with van der Waals surface area (Å²) in [7, 11) is 0. The van der Waals surface area contributed by atoms with Crippen LogP contribution in [-0.4, -0.2) is 35.6 Å². The normalized spacial score (nSPS) is 16.1. The molecular formula is C20H16ClF6N5O3. The van der Waals surface area contributed by atoms with Gasteiger partial charge in [-0.15, -0.1) is 0 Å². The highest BCUT2D eigenvalue weighted by Gasteiger charge is 2.32. The van der Waals surface area contributed by atoms with E-state index in [4.69, 9.17) is 21.3 Å². The van der Waals surface area contributed by atoms with E-state index in [0.29, 0.717) is 6.20 Å². The third-order valence-corrected chi connectivity index (χ3v) is 4.76. The molecule has 1 amide bonds. The third kappa shape index (κ3) is 7.47. The quantitative estimate of drug-likeness (QED) is 0.228. The fourth-order valence-corrected chi connectivity index (χ4v) is 2.99. The van der Waals surface area contributed by atoms with E-state index in [9.17, 15) is 31.1 Å². The van der Waals surface area contributed by atoms with Gasteiger partial charge in [-0.25, -0.2) is 4.98 Å². The smallest absolute Gasteiger partial charge is 0.390 e. The second-order valence-corrected chi connectivity index (χ2v) is 7.49. The Kier molecular flexibility index (Phi) is 8.04. The zero-order valence-electron chi connectivity index (χ0n) is 17.5. The van der Waals surface area contributed by atoms with Crippen molar-refractivity contribution < 1.29 is 40.8 Å². The zero-order valence-corrected chi connectivity index (χ0v) is 18.2. The first kappa shape index (κ1) is 26.1. The van der Waals surface area contributed by atoms with Gasteiger partial charge in [-0.1, -0.05) is 34.0 Å². The number of aromatic nitrogens is 1. The number of carbonyl (C=O) groups is 1. The van der Waals surface area contributed by atoms with Crippen LogP contribution in [-0.2, 0) is 33.4 Å². The molecule has 1 atom stereocenters. The van der Waals surface area contributed by atoms with Crippen molar-refractivity contribution in [2.75, 3.05) is 11.9 Å². The highest BCUT2D eigenvalue weighted by atomic mass is 35.5. The van der Waals surface area contributed by atoms with E-state index in [-0.39, 0.29) is 41.7 Å². The van der Waals surface area contributed by atoms with Crippen molar-refractivity contribution in [3.63, 3.8) is 0 Å². The molecule has 2 aromatic rings. The molecule has 2 heterocycles. The summed E-state index contributed by atoms with van der Waals surface area (Å²) >= 11 is 5.81. The Morgan fingerprint density at radius 3 is 2.63 bits per heavy atom. The summed E-state index contributed by atoms with van der Waals surface area (Å²) in [5.41, 5.74) is -1.58. The maximum Gasteiger partial charge on any atom is 0.417 e. The van der Waals surface area contributed by atoms with Gasteiger partial charge in [0.1, 0.15) is 24.5 Å². The Morgan fingerprint density at radius 1 is 1.20 bits per heavy atom. The number of pyridine rings is 1. The molecule has 3 rings (SSSR count). The Labute approximate surface area is 198 Å². The van der Waals surface area contributed by atoms with Crippen molar-refractivity contribution in [2.45, 2.75) is 31.5 Å². The predicted molar refractivity (Wildman–Crippen MR) is 113 cm³/mol. The van der Waals surface area contributed by atoms with Gasteiger partial charge in [0.2, 0.25) is 0 Å². The van der Waals surface area contributed by atoms with Gasteiger partial charge in [0.15, 0.2) is 6.10 Å². The van der Waals surface area contributed by atoms with Crippen LogP contribution in [0.5, 0.6) is 0 Å². The Balaban J connectivity index is 1.40. The molecule has 0 saturated carbocycles. The SMILES string of the molecule is O=C(NC=NOCc1cccc(C(F)(F)F)c1)C1=NOC(CNc2ncc(C(F)(F)F)cc2Cl)C1. The molecular weight excluding hydrogens is 508 g/mol. The van der Waals surface area contributed by atoms with Crippen LogP contribution in [0.3, 0.4) is 0 Å². The van der Waals surface area contributed by atoms with Crippen molar-refractivity contribution in [1.82, 2.24) is 10.3 Å². The predicted octanol–water partition coefficient (Wildman–Crippen LogP) is 4.61. The lowest BCUT2D eigenvalue weighted by Gasteiger charge is -2.13. The minimum absolute atomic E-state index is 0.00576. The van der Waals surface area contributed by atoms with Crippen LogP contribution < -0.4 is 10.6 Å². The van der Waals surface area contributed by atoms with Gasteiger partial charge in [-0.3, -0.25) is 4.79 Å². The van der Waals surface area contributed by atoms with E-state index in [2.05, 4.69) is 25.9 Å². The summed E-state index contributed by atoms with van der Waals surface area (Å²) in [4.78, 5) is 25.7. The first-order chi connectivity index (χ1) is 16.4. The highest BCUT2D eigenvalue weighted by Crippen LogP contribution is 2.32. The standard InChI is InChI=1S/C20H16ClF6N5O3/c21-15-5-13(20(25,26)27)7-28-17(15)29-8-14-6-16(32-35-14)18(33)30-10-31-34-9-11-2-1-3-12(4-11)19(22,23)24/h1-5,7,10,14H,6,8-9H2,(H,28,29)(H,30,31,33). The second-order valence-electron chi connectivity index (χ2n) is 7.08. The van der Waals surface area contributed by atoms with Crippen LogP contribution in [0, 0.1) is 0 Å². The summed E-state index contributed by atoms with van der Waals surface area (Å²) in [5, 5.41) is 11.8. The van der Waals surface area contributed by atoms with Crippen LogP contribution in [0.15, 0.2) is 46.8 Å². The Morgan fingerprint density at radius 2 is 1.94 bits per heavy atom. The van der Waals surface area contributed by atoms with Crippen LogP contribution in [0.2, 0.25) is 5.02 Å². The fraction of sp³-hybridized carbons (Fsp3) is 0.300. The van der Waals surface area contributed by atoms with Gasteiger partial charge in [0, 0.05) is 12.6 Å². The van der Waals surface area contributed by atoms with Gasteiger partial charge in [0.05, 0.1) is 22.7 Å². The molecule has 15 heteroatoms. The number of oxime groups is 2. The van der Waals surface area contributed by atoms with Gasteiger partial charge in [-0.05, 0) is 23.8 Å². The maximum absolute atomic E-state index is 12.7. The number of halogens is 7. The number of hydrogen-bond donors (Lipinski definition) is 2. The second kappa shape index (κ2) is 10.8. The first-order valence-electron chi connectivity index (χ1n) is 9.73. The Hall–Kier alpha value is -3.55. The molecule has 8 nitrogen and oxygen atoms in total. The van der Waals surface area contributed by atoms with E-state index in [0.717, 1.165) is 24.5 Å². The lowest BCUT2D eigenvalue weighted by molar-refractivity contribution is -0.138. The average Bonchev–Trinajstić information content (AvgIpc) is 3.26. The Bertz CT molecular complexity index is 1120. The number of anilines is 1. The molecule has 0 bridgehead atoms. The van der Waals surface area contributed by atoms with Gasteiger partial charge in [0.25, 0.3) is 5.91 Å². The molecule has 1 aromatic carbocycles. The van der Waals surface area contributed by atoms with Crippen molar-refractivity contribution in [2.24, 2.45) is 10.3 Å². The molecule has 1 aliphatic heterocycles. The molecule has 1 aliphatic rings. The number of nitrogens with one attached hydrogen (secondary N) is 2. The zero-order chi connectivity index (χ0) is 25.6. The molecule has 2 N–H and O–H groups in total. The minimum atomic E-state index is -4.58. The van der Waals surface area contributed by atoms with Crippen LogP contribution in [0.4, 0.5) is 32.2 Å². The molecule has 188 valence electrons. The highest BCUT2D eigenvalue weighted by molar-refractivity contribution is 6.40. The largest absolute Gasteiger partial charge is 0.417 e. The number of nitrogens with zero attached hydrogens (tertiary/aromatic N) is 3. The average molecular weight is 524 g/mol. The number of carbonyl (C=O) groups excluding carboxylic acids is 1. The van der Waals surface area contributed by atoms with Gasteiger partial charge in [-0.2, -0.15) is 26.3 Å². The van der Waals surface area contributed by atoms with Crippen LogP contribution in [0.25, 0.3) is 0 Å². The molecule has 0 aliphatic carbocycles. The van der Waals surface area contributed by atoms with Crippen LogP contribution in [0.1, 0.15) is 23.1 Å². The summed E-state index contributed by atoms with van der Waals surface area (Å²) in [6.45, 7) is -0.207. The topological polar surface area (TPSA) is 97.2 Å². The fourth-order valence-electron chi connectivity index (χ4n) is 2.76. The summed E-state index contributed by atoms with van der Waals surface area (Å²) < 4.78 is 76.1. The molecule has 0 saturated heterocycles.